The molecular formula is C13H15BrN2O3. The highest BCUT2D eigenvalue weighted by molar-refractivity contribution is 9.09. The molecular weight excluding hydrogens is 312 g/mol. The average molecular weight is 327 g/mol. The molecule has 1 aliphatic heterocycles. The lowest BCUT2D eigenvalue weighted by molar-refractivity contribution is -0.385. The lowest BCUT2D eigenvalue weighted by Crippen LogP contribution is -2.40. The van der Waals surface area contributed by atoms with Crippen molar-refractivity contribution in [2.24, 2.45) is 0 Å². The topological polar surface area (TPSA) is 63.5 Å². The number of hydrogen-bond acceptors (Lipinski definition) is 3. The molecule has 1 heterocycles. The fraction of sp³-hybridized carbons (Fsp3) is 0.462. The van der Waals surface area contributed by atoms with Crippen LogP contribution in [0.5, 0.6) is 0 Å². The lowest BCUT2D eigenvalue weighted by Gasteiger charge is -2.30. The Morgan fingerprint density at radius 3 is 2.89 bits per heavy atom. The van der Waals surface area contributed by atoms with Gasteiger partial charge in [-0.2, -0.15) is 0 Å². The number of halogens is 1. The second-order valence-electron chi connectivity index (χ2n) is 4.77. The van der Waals surface area contributed by atoms with Crippen LogP contribution in [0.15, 0.2) is 18.2 Å². The number of nitro benzene ring substituents is 1. The summed E-state index contributed by atoms with van der Waals surface area (Å²) in [6, 6.07) is 4.65. The zero-order valence-electron chi connectivity index (χ0n) is 10.6. The molecule has 0 saturated carbocycles. The first-order valence-electron chi connectivity index (χ1n) is 6.17. The smallest absolute Gasteiger partial charge is 0.282 e. The number of rotatable bonds is 2. The van der Waals surface area contributed by atoms with Gasteiger partial charge in [-0.1, -0.05) is 22.0 Å². The van der Waals surface area contributed by atoms with Gasteiger partial charge in [-0.25, -0.2) is 0 Å². The molecule has 1 unspecified atom stereocenters. The first kappa shape index (κ1) is 14.0. The molecule has 6 heteroatoms. The Balaban J connectivity index is 2.32. The van der Waals surface area contributed by atoms with E-state index in [-0.39, 0.29) is 22.0 Å². The number of alkyl halides is 1. The molecule has 102 valence electrons. The number of carbonyl (C=O) groups excluding carboxylic acids is 1. The zero-order valence-corrected chi connectivity index (χ0v) is 12.2. The molecule has 0 bridgehead atoms. The van der Waals surface area contributed by atoms with Gasteiger partial charge in [0.25, 0.3) is 11.6 Å². The SMILES string of the molecule is Cc1ccc([N+](=O)[O-])c(C(=O)N2CCCC(Br)C2)c1. The van der Waals surface area contributed by atoms with Gasteiger partial charge in [-0.05, 0) is 31.4 Å². The summed E-state index contributed by atoms with van der Waals surface area (Å²) in [7, 11) is 0. The average Bonchev–Trinajstić information content (AvgIpc) is 2.37. The van der Waals surface area contributed by atoms with Gasteiger partial charge in [-0.3, -0.25) is 14.9 Å². The Hall–Kier alpha value is -1.43. The van der Waals surface area contributed by atoms with Gasteiger partial charge in [0.05, 0.1) is 4.92 Å². The minimum absolute atomic E-state index is 0.118. The van der Waals surface area contributed by atoms with Crippen LogP contribution in [0.2, 0.25) is 0 Å². The Kier molecular flexibility index (Phi) is 4.19. The van der Waals surface area contributed by atoms with E-state index in [1.54, 1.807) is 17.0 Å². The Morgan fingerprint density at radius 1 is 1.53 bits per heavy atom. The number of hydrogen-bond donors (Lipinski definition) is 0. The van der Waals surface area contributed by atoms with E-state index in [9.17, 15) is 14.9 Å². The number of aryl methyl sites for hydroxylation is 1. The Morgan fingerprint density at radius 2 is 2.26 bits per heavy atom. The molecule has 1 saturated heterocycles. The monoisotopic (exact) mass is 326 g/mol. The fourth-order valence-electron chi connectivity index (χ4n) is 2.26. The molecule has 1 fully saturated rings. The van der Waals surface area contributed by atoms with Crippen LogP contribution in [-0.4, -0.2) is 33.6 Å². The van der Waals surface area contributed by atoms with E-state index in [0.717, 1.165) is 18.4 Å². The highest BCUT2D eigenvalue weighted by Gasteiger charge is 2.28. The molecule has 19 heavy (non-hydrogen) atoms. The first-order valence-corrected chi connectivity index (χ1v) is 7.09. The molecule has 1 amide bonds. The Labute approximate surface area is 119 Å². The largest absolute Gasteiger partial charge is 0.337 e. The molecule has 0 aliphatic carbocycles. The molecule has 0 aromatic heterocycles. The minimum atomic E-state index is -0.498. The van der Waals surface area contributed by atoms with Crippen molar-refractivity contribution in [3.8, 4) is 0 Å². The maximum atomic E-state index is 12.4. The summed E-state index contributed by atoms with van der Waals surface area (Å²) in [5.74, 6) is -0.250. The van der Waals surface area contributed by atoms with Crippen molar-refractivity contribution >= 4 is 27.5 Å². The van der Waals surface area contributed by atoms with Crippen molar-refractivity contribution in [2.75, 3.05) is 13.1 Å². The molecule has 2 rings (SSSR count). The molecule has 0 radical (unpaired) electrons. The predicted molar refractivity (Wildman–Crippen MR) is 75.7 cm³/mol. The van der Waals surface area contributed by atoms with Gasteiger partial charge in [0.15, 0.2) is 0 Å². The van der Waals surface area contributed by atoms with Gasteiger partial charge in [-0.15, -0.1) is 0 Å². The minimum Gasteiger partial charge on any atom is -0.337 e. The van der Waals surface area contributed by atoms with Gasteiger partial charge < -0.3 is 4.90 Å². The molecule has 0 spiro atoms. The van der Waals surface area contributed by atoms with Crippen molar-refractivity contribution in [3.05, 3.63) is 39.4 Å². The second-order valence-corrected chi connectivity index (χ2v) is 6.06. The van der Waals surface area contributed by atoms with E-state index in [2.05, 4.69) is 15.9 Å². The summed E-state index contributed by atoms with van der Waals surface area (Å²) >= 11 is 3.50. The van der Waals surface area contributed by atoms with Crippen molar-refractivity contribution in [1.29, 1.82) is 0 Å². The zero-order chi connectivity index (χ0) is 14.0. The van der Waals surface area contributed by atoms with E-state index in [4.69, 9.17) is 0 Å². The summed E-state index contributed by atoms with van der Waals surface area (Å²) in [6.07, 6.45) is 1.95. The van der Waals surface area contributed by atoms with Gasteiger partial charge in [0.1, 0.15) is 5.56 Å². The highest BCUT2D eigenvalue weighted by Crippen LogP contribution is 2.24. The summed E-state index contributed by atoms with van der Waals surface area (Å²) in [4.78, 5) is 24.9. The van der Waals surface area contributed by atoms with Crippen LogP contribution in [0, 0.1) is 17.0 Å². The van der Waals surface area contributed by atoms with Crippen LogP contribution in [0.4, 0.5) is 5.69 Å². The highest BCUT2D eigenvalue weighted by atomic mass is 79.9. The van der Waals surface area contributed by atoms with Gasteiger partial charge in [0.2, 0.25) is 0 Å². The van der Waals surface area contributed by atoms with Crippen LogP contribution in [0.1, 0.15) is 28.8 Å². The molecule has 1 aromatic carbocycles. The molecule has 1 aliphatic rings. The molecule has 1 aromatic rings. The van der Waals surface area contributed by atoms with E-state index in [1.165, 1.54) is 6.07 Å². The molecule has 1 atom stereocenters. The predicted octanol–water partition coefficient (Wildman–Crippen LogP) is 2.90. The standard InChI is InChI=1S/C13H15BrN2O3/c1-9-4-5-12(16(18)19)11(7-9)13(17)15-6-2-3-10(14)8-15/h4-5,7,10H,2-3,6,8H2,1H3. The number of carbonyl (C=O) groups is 1. The molecule has 0 N–H and O–H groups in total. The number of amides is 1. The number of likely N-dealkylation sites (tertiary alicyclic amines) is 1. The van der Waals surface area contributed by atoms with Gasteiger partial charge >= 0.3 is 0 Å². The number of benzene rings is 1. The summed E-state index contributed by atoms with van der Waals surface area (Å²) in [6.45, 7) is 3.08. The maximum absolute atomic E-state index is 12.4. The normalized spacial score (nSPS) is 19.3. The van der Waals surface area contributed by atoms with Crippen LogP contribution < -0.4 is 0 Å². The summed E-state index contributed by atoms with van der Waals surface area (Å²) in [5.41, 5.74) is 0.917. The van der Waals surface area contributed by atoms with Crippen molar-refractivity contribution in [3.63, 3.8) is 0 Å². The number of nitro groups is 1. The van der Waals surface area contributed by atoms with E-state index >= 15 is 0 Å². The fourth-order valence-corrected chi connectivity index (χ4v) is 2.93. The third-order valence-electron chi connectivity index (χ3n) is 3.23. The molecule has 5 nitrogen and oxygen atoms in total. The van der Waals surface area contributed by atoms with Crippen molar-refractivity contribution in [2.45, 2.75) is 24.6 Å². The quantitative estimate of drug-likeness (QED) is 0.477. The number of piperidine rings is 1. The van der Waals surface area contributed by atoms with E-state index in [1.807, 2.05) is 6.92 Å². The third-order valence-corrected chi connectivity index (χ3v) is 3.98. The second kappa shape index (κ2) is 5.69. The summed E-state index contributed by atoms with van der Waals surface area (Å²) < 4.78 is 0. The summed E-state index contributed by atoms with van der Waals surface area (Å²) in [5, 5.41) is 11.0. The van der Waals surface area contributed by atoms with Crippen LogP contribution in [0.25, 0.3) is 0 Å². The van der Waals surface area contributed by atoms with Crippen molar-refractivity contribution < 1.29 is 9.72 Å². The first-order chi connectivity index (χ1) is 8.99. The lowest BCUT2D eigenvalue weighted by atomic mass is 10.1. The van der Waals surface area contributed by atoms with Crippen LogP contribution in [-0.2, 0) is 0 Å². The number of nitrogens with zero attached hydrogens (tertiary/aromatic N) is 2. The van der Waals surface area contributed by atoms with E-state index < -0.39 is 4.92 Å². The maximum Gasteiger partial charge on any atom is 0.282 e. The van der Waals surface area contributed by atoms with E-state index in [0.29, 0.717) is 13.1 Å². The van der Waals surface area contributed by atoms with Crippen LogP contribution in [0.3, 0.4) is 0 Å². The van der Waals surface area contributed by atoms with Crippen LogP contribution >= 0.6 is 15.9 Å². The third kappa shape index (κ3) is 3.12. The Bertz CT molecular complexity index is 519. The van der Waals surface area contributed by atoms with Crippen molar-refractivity contribution in [1.82, 2.24) is 4.90 Å². The van der Waals surface area contributed by atoms with Gasteiger partial charge in [0, 0.05) is 24.0 Å².